The molecule has 0 aromatic heterocycles. The topological polar surface area (TPSA) is 37.3 Å². The van der Waals surface area contributed by atoms with Crippen LogP contribution in [0.25, 0.3) is 0 Å². The van der Waals surface area contributed by atoms with Crippen LogP contribution < -0.4 is 0 Å². The predicted molar refractivity (Wildman–Crippen MR) is 58.5 cm³/mol. The van der Waals surface area contributed by atoms with Gasteiger partial charge in [0.05, 0.1) is 0 Å². The van der Waals surface area contributed by atoms with Crippen molar-refractivity contribution in [3.63, 3.8) is 0 Å². The lowest BCUT2D eigenvalue weighted by atomic mass is 10.1. The average Bonchev–Trinajstić information content (AvgIpc) is 2.09. The Balaban J connectivity index is 2.87. The molecule has 3 heteroatoms. The van der Waals surface area contributed by atoms with Crippen LogP contribution in [0.3, 0.4) is 0 Å². The summed E-state index contributed by atoms with van der Waals surface area (Å²) in [5.74, 6) is 0.767. The highest BCUT2D eigenvalue weighted by atomic mass is 32.2. The van der Waals surface area contributed by atoms with Crippen molar-refractivity contribution in [1.29, 1.82) is 0 Å². The quantitative estimate of drug-likeness (QED) is 0.603. The Hall–Kier alpha value is -0.180. The van der Waals surface area contributed by atoms with E-state index in [0.717, 1.165) is 23.9 Å². The SMILES string of the molecule is CCCCCCCCCSC(=O)O. The van der Waals surface area contributed by atoms with Gasteiger partial charge in [0.1, 0.15) is 0 Å². The number of thioether (sulfide) groups is 1. The summed E-state index contributed by atoms with van der Waals surface area (Å²) in [6.07, 6.45) is 8.76. The Labute approximate surface area is 85.1 Å². The lowest BCUT2D eigenvalue weighted by Crippen LogP contribution is -1.88. The van der Waals surface area contributed by atoms with Crippen LogP contribution in [0.2, 0.25) is 0 Å². The van der Waals surface area contributed by atoms with Gasteiger partial charge < -0.3 is 5.11 Å². The molecule has 0 aromatic rings. The van der Waals surface area contributed by atoms with E-state index in [1.807, 2.05) is 0 Å². The maximum atomic E-state index is 10.1. The van der Waals surface area contributed by atoms with Crippen LogP contribution in [0.4, 0.5) is 4.79 Å². The van der Waals surface area contributed by atoms with Gasteiger partial charge in [-0.05, 0) is 18.2 Å². The van der Waals surface area contributed by atoms with Crippen molar-refractivity contribution in [2.75, 3.05) is 5.75 Å². The first-order valence-corrected chi connectivity index (χ1v) is 6.11. The lowest BCUT2D eigenvalue weighted by molar-refractivity contribution is 0.222. The van der Waals surface area contributed by atoms with Gasteiger partial charge in [-0.2, -0.15) is 0 Å². The van der Waals surface area contributed by atoms with Gasteiger partial charge in [0, 0.05) is 5.75 Å². The van der Waals surface area contributed by atoms with Crippen LogP contribution in [0.15, 0.2) is 0 Å². The van der Waals surface area contributed by atoms with E-state index in [1.54, 1.807) is 0 Å². The van der Waals surface area contributed by atoms with Gasteiger partial charge in [-0.25, -0.2) is 4.79 Å². The maximum absolute atomic E-state index is 10.1. The fraction of sp³-hybridized carbons (Fsp3) is 0.900. The molecule has 0 aromatic carbocycles. The molecular weight excluding hydrogens is 184 g/mol. The van der Waals surface area contributed by atoms with Crippen molar-refractivity contribution in [2.24, 2.45) is 0 Å². The molecular formula is C10H20O2S. The van der Waals surface area contributed by atoms with Crippen molar-refractivity contribution in [3.8, 4) is 0 Å². The third-order valence-corrected chi connectivity index (χ3v) is 2.71. The smallest absolute Gasteiger partial charge is 0.364 e. The second-order valence-electron chi connectivity index (χ2n) is 3.24. The van der Waals surface area contributed by atoms with Gasteiger partial charge in [-0.15, -0.1) is 0 Å². The van der Waals surface area contributed by atoms with Crippen LogP contribution in [-0.4, -0.2) is 16.2 Å². The summed E-state index contributed by atoms with van der Waals surface area (Å²) in [6.45, 7) is 2.21. The van der Waals surface area contributed by atoms with Crippen molar-refractivity contribution < 1.29 is 9.90 Å². The standard InChI is InChI=1S/C10H20O2S/c1-2-3-4-5-6-7-8-9-13-10(11)12/h2-9H2,1H3,(H,11,12). The van der Waals surface area contributed by atoms with Gasteiger partial charge in [0.25, 0.3) is 0 Å². The number of hydrogen-bond donors (Lipinski definition) is 1. The normalized spacial score (nSPS) is 10.2. The van der Waals surface area contributed by atoms with Crippen molar-refractivity contribution >= 4 is 17.1 Å². The van der Waals surface area contributed by atoms with E-state index in [-0.39, 0.29) is 0 Å². The molecule has 13 heavy (non-hydrogen) atoms. The zero-order valence-corrected chi connectivity index (χ0v) is 9.24. The maximum Gasteiger partial charge on any atom is 0.364 e. The van der Waals surface area contributed by atoms with E-state index in [1.165, 1.54) is 38.5 Å². The fourth-order valence-electron chi connectivity index (χ4n) is 1.22. The zero-order valence-electron chi connectivity index (χ0n) is 8.42. The van der Waals surface area contributed by atoms with Crippen LogP contribution in [0.5, 0.6) is 0 Å². The minimum Gasteiger partial charge on any atom is -0.473 e. The molecule has 2 nitrogen and oxygen atoms in total. The Morgan fingerprint density at radius 3 is 2.15 bits per heavy atom. The molecule has 1 N–H and O–H groups in total. The molecule has 0 rings (SSSR count). The van der Waals surface area contributed by atoms with E-state index < -0.39 is 5.30 Å². The summed E-state index contributed by atoms with van der Waals surface area (Å²) in [6, 6.07) is 0. The molecule has 0 saturated heterocycles. The second-order valence-corrected chi connectivity index (χ2v) is 4.28. The Morgan fingerprint density at radius 1 is 1.08 bits per heavy atom. The summed E-state index contributed by atoms with van der Waals surface area (Å²) in [7, 11) is 0. The van der Waals surface area contributed by atoms with Crippen molar-refractivity contribution in [2.45, 2.75) is 51.9 Å². The van der Waals surface area contributed by atoms with Gasteiger partial charge in [-0.1, -0.05) is 45.4 Å². The molecule has 0 aliphatic carbocycles. The molecule has 0 radical (unpaired) electrons. The second kappa shape index (κ2) is 9.90. The van der Waals surface area contributed by atoms with Crippen molar-refractivity contribution in [1.82, 2.24) is 0 Å². The summed E-state index contributed by atoms with van der Waals surface area (Å²) in [5, 5.41) is 7.60. The molecule has 0 fully saturated rings. The number of carbonyl (C=O) groups is 1. The number of carboxylic acid groups (broad SMARTS) is 1. The number of hydrogen-bond acceptors (Lipinski definition) is 2. The summed E-state index contributed by atoms with van der Waals surface area (Å²) in [5.41, 5.74) is 0. The Morgan fingerprint density at radius 2 is 1.62 bits per heavy atom. The summed E-state index contributed by atoms with van der Waals surface area (Å²) >= 11 is 1.02. The largest absolute Gasteiger partial charge is 0.473 e. The van der Waals surface area contributed by atoms with E-state index in [9.17, 15) is 4.79 Å². The average molecular weight is 204 g/mol. The van der Waals surface area contributed by atoms with Gasteiger partial charge >= 0.3 is 5.30 Å². The molecule has 0 aliphatic rings. The van der Waals surface area contributed by atoms with Crippen LogP contribution in [0.1, 0.15) is 51.9 Å². The van der Waals surface area contributed by atoms with Gasteiger partial charge in [0.2, 0.25) is 0 Å². The lowest BCUT2D eigenvalue weighted by Gasteiger charge is -1.99. The van der Waals surface area contributed by atoms with E-state index in [2.05, 4.69) is 6.92 Å². The van der Waals surface area contributed by atoms with E-state index in [0.29, 0.717) is 0 Å². The van der Waals surface area contributed by atoms with Crippen LogP contribution >= 0.6 is 11.8 Å². The minimum absolute atomic E-state index is 0.744. The Bertz CT molecular complexity index is 126. The molecule has 0 aliphatic heterocycles. The van der Waals surface area contributed by atoms with E-state index in [4.69, 9.17) is 5.11 Å². The molecule has 0 heterocycles. The first-order chi connectivity index (χ1) is 6.27. The molecule has 0 amide bonds. The third-order valence-electron chi connectivity index (χ3n) is 1.97. The monoisotopic (exact) mass is 204 g/mol. The van der Waals surface area contributed by atoms with Crippen LogP contribution in [0, 0.1) is 0 Å². The minimum atomic E-state index is -0.744. The highest BCUT2D eigenvalue weighted by Gasteiger charge is 1.96. The number of unbranched alkanes of at least 4 members (excludes halogenated alkanes) is 6. The molecule has 0 saturated carbocycles. The van der Waals surface area contributed by atoms with E-state index >= 15 is 0 Å². The fourth-order valence-corrected chi connectivity index (χ4v) is 1.74. The molecule has 78 valence electrons. The number of rotatable bonds is 8. The molecule has 0 unspecified atom stereocenters. The van der Waals surface area contributed by atoms with Gasteiger partial charge in [-0.3, -0.25) is 0 Å². The highest BCUT2D eigenvalue weighted by Crippen LogP contribution is 2.10. The molecule has 0 atom stereocenters. The zero-order chi connectivity index (χ0) is 9.94. The Kier molecular flexibility index (Phi) is 9.77. The molecule has 0 spiro atoms. The first kappa shape index (κ1) is 12.8. The molecule has 0 bridgehead atoms. The highest BCUT2D eigenvalue weighted by molar-refractivity contribution is 8.13. The predicted octanol–water partition coefficient (Wildman–Crippen LogP) is 4.15. The summed E-state index contributed by atoms with van der Waals surface area (Å²) < 4.78 is 0. The van der Waals surface area contributed by atoms with Crippen LogP contribution in [-0.2, 0) is 0 Å². The van der Waals surface area contributed by atoms with Crippen molar-refractivity contribution in [3.05, 3.63) is 0 Å². The summed E-state index contributed by atoms with van der Waals surface area (Å²) in [4.78, 5) is 10.1. The first-order valence-electron chi connectivity index (χ1n) is 5.13. The van der Waals surface area contributed by atoms with Gasteiger partial charge in [0.15, 0.2) is 0 Å². The third kappa shape index (κ3) is 11.8.